The fourth-order valence-electron chi connectivity index (χ4n) is 2.68. The molecule has 0 fully saturated rings. The first-order chi connectivity index (χ1) is 13.7. The van der Waals surface area contributed by atoms with Gasteiger partial charge in [-0.15, -0.1) is 0 Å². The summed E-state index contributed by atoms with van der Waals surface area (Å²) in [6.07, 6.45) is 2.28. The quantitative estimate of drug-likeness (QED) is 0.661. The number of nitrogens with one attached hydrogen (secondary N) is 2. The van der Waals surface area contributed by atoms with Crippen LogP contribution in [0.5, 0.6) is 5.75 Å². The van der Waals surface area contributed by atoms with Gasteiger partial charge in [-0.25, -0.2) is 0 Å². The number of hydrogen-bond acceptors (Lipinski definition) is 5. The summed E-state index contributed by atoms with van der Waals surface area (Å²) in [4.78, 5) is 16.5. The van der Waals surface area contributed by atoms with Gasteiger partial charge in [-0.1, -0.05) is 24.3 Å². The van der Waals surface area contributed by atoms with Gasteiger partial charge in [0.15, 0.2) is 0 Å². The molecule has 1 aromatic heterocycles. The molecule has 2 N–H and O–H groups in total. The Morgan fingerprint density at radius 1 is 1.14 bits per heavy atom. The van der Waals surface area contributed by atoms with Crippen molar-refractivity contribution in [3.05, 3.63) is 83.7 Å². The summed E-state index contributed by atoms with van der Waals surface area (Å²) >= 11 is 0. The summed E-state index contributed by atoms with van der Waals surface area (Å²) in [7, 11) is 1.63. The lowest BCUT2D eigenvalue weighted by molar-refractivity contribution is 0.0949. The number of para-hydroxylation sites is 1. The van der Waals surface area contributed by atoms with Crippen LogP contribution in [0.25, 0.3) is 0 Å². The first-order valence-corrected chi connectivity index (χ1v) is 8.83. The topological polar surface area (TPSA) is 87.0 Å². The van der Waals surface area contributed by atoms with Crippen molar-refractivity contribution in [1.29, 1.82) is 5.26 Å². The molecule has 0 unspecified atom stereocenters. The number of carbonyl (C=O) groups is 1. The molecular formula is C22H20N4O2. The number of benzene rings is 2. The maximum Gasteiger partial charge on any atom is 0.269 e. The molecule has 1 amide bonds. The van der Waals surface area contributed by atoms with E-state index in [1.165, 1.54) is 0 Å². The van der Waals surface area contributed by atoms with E-state index in [0.29, 0.717) is 35.6 Å². The van der Waals surface area contributed by atoms with Crippen molar-refractivity contribution in [2.45, 2.75) is 6.42 Å². The number of anilines is 2. The second-order valence-electron chi connectivity index (χ2n) is 6.07. The predicted octanol–water partition coefficient (Wildman–Crippen LogP) is 3.68. The van der Waals surface area contributed by atoms with Crippen LogP contribution in [0.3, 0.4) is 0 Å². The predicted molar refractivity (Wildman–Crippen MR) is 108 cm³/mol. The Morgan fingerprint density at radius 2 is 1.93 bits per heavy atom. The molecule has 0 saturated heterocycles. The average Bonchev–Trinajstić information content (AvgIpc) is 2.75. The van der Waals surface area contributed by atoms with Gasteiger partial charge in [0.05, 0.1) is 18.4 Å². The van der Waals surface area contributed by atoms with Gasteiger partial charge in [-0.2, -0.15) is 5.26 Å². The Balaban J connectivity index is 1.59. The number of carbonyl (C=O) groups excluding carboxylic acids is 1. The average molecular weight is 372 g/mol. The van der Waals surface area contributed by atoms with Gasteiger partial charge in [0, 0.05) is 18.4 Å². The monoisotopic (exact) mass is 372 g/mol. The van der Waals surface area contributed by atoms with Crippen molar-refractivity contribution in [1.82, 2.24) is 10.3 Å². The molecule has 0 aliphatic heterocycles. The van der Waals surface area contributed by atoms with Gasteiger partial charge < -0.3 is 15.4 Å². The van der Waals surface area contributed by atoms with Gasteiger partial charge in [-0.3, -0.25) is 9.78 Å². The Labute approximate surface area is 163 Å². The van der Waals surface area contributed by atoms with Crippen LogP contribution in [0.1, 0.15) is 21.6 Å². The summed E-state index contributed by atoms with van der Waals surface area (Å²) in [5.41, 5.74) is 3.33. The standard InChI is InChI=1S/C22H20N4O2/c1-28-19-8-6-16(7-9-19)10-12-25-22(27)21-14-18(11-13-24-21)26-20-5-3-2-4-17(20)15-23/h2-9,11,13-14H,10,12H2,1H3,(H,24,26)(H,25,27). The third-order valence-corrected chi connectivity index (χ3v) is 4.18. The lowest BCUT2D eigenvalue weighted by Gasteiger charge is -2.10. The fourth-order valence-corrected chi connectivity index (χ4v) is 2.68. The van der Waals surface area contributed by atoms with Crippen molar-refractivity contribution >= 4 is 17.3 Å². The third-order valence-electron chi connectivity index (χ3n) is 4.18. The van der Waals surface area contributed by atoms with E-state index in [2.05, 4.69) is 21.7 Å². The molecule has 3 rings (SSSR count). The number of aromatic nitrogens is 1. The molecule has 0 bridgehead atoms. The number of ether oxygens (including phenoxy) is 1. The minimum atomic E-state index is -0.245. The van der Waals surface area contributed by atoms with E-state index in [1.54, 1.807) is 37.6 Å². The van der Waals surface area contributed by atoms with E-state index >= 15 is 0 Å². The normalized spacial score (nSPS) is 10.0. The first-order valence-electron chi connectivity index (χ1n) is 8.83. The number of amides is 1. The molecule has 3 aromatic rings. The Bertz CT molecular complexity index is 994. The number of pyridine rings is 1. The van der Waals surface area contributed by atoms with E-state index in [-0.39, 0.29) is 5.91 Å². The Morgan fingerprint density at radius 3 is 2.68 bits per heavy atom. The van der Waals surface area contributed by atoms with Gasteiger partial charge in [-0.05, 0) is 48.4 Å². The number of hydrogen-bond donors (Lipinski definition) is 2. The lowest BCUT2D eigenvalue weighted by atomic mass is 10.1. The first kappa shape index (κ1) is 18.9. The van der Waals surface area contributed by atoms with Crippen molar-refractivity contribution < 1.29 is 9.53 Å². The highest BCUT2D eigenvalue weighted by atomic mass is 16.5. The molecule has 0 radical (unpaired) electrons. The van der Waals surface area contributed by atoms with Crippen LogP contribution in [0, 0.1) is 11.3 Å². The molecule has 0 aliphatic rings. The van der Waals surface area contributed by atoms with Crippen molar-refractivity contribution in [2.75, 3.05) is 19.0 Å². The second-order valence-corrected chi connectivity index (χ2v) is 6.07. The van der Waals surface area contributed by atoms with Crippen LogP contribution in [-0.4, -0.2) is 24.5 Å². The number of nitrogens with zero attached hydrogens (tertiary/aromatic N) is 2. The van der Waals surface area contributed by atoms with E-state index in [9.17, 15) is 10.1 Å². The third kappa shape index (κ3) is 4.86. The Kier molecular flexibility index (Phi) is 6.21. The van der Waals surface area contributed by atoms with Crippen LogP contribution in [0.4, 0.5) is 11.4 Å². The molecule has 28 heavy (non-hydrogen) atoms. The molecule has 0 saturated carbocycles. The van der Waals surface area contributed by atoms with Crippen molar-refractivity contribution in [3.63, 3.8) is 0 Å². The molecule has 6 heteroatoms. The molecule has 0 spiro atoms. The van der Waals surface area contributed by atoms with E-state index in [0.717, 1.165) is 11.3 Å². The highest BCUT2D eigenvalue weighted by Crippen LogP contribution is 2.20. The van der Waals surface area contributed by atoms with Crippen LogP contribution >= 0.6 is 0 Å². The maximum atomic E-state index is 12.4. The van der Waals surface area contributed by atoms with E-state index in [4.69, 9.17) is 4.74 Å². The van der Waals surface area contributed by atoms with Crippen LogP contribution < -0.4 is 15.4 Å². The highest BCUT2D eigenvalue weighted by Gasteiger charge is 2.09. The van der Waals surface area contributed by atoms with E-state index < -0.39 is 0 Å². The van der Waals surface area contributed by atoms with Crippen molar-refractivity contribution in [2.24, 2.45) is 0 Å². The molecular weight excluding hydrogens is 352 g/mol. The van der Waals surface area contributed by atoms with Gasteiger partial charge >= 0.3 is 0 Å². The summed E-state index contributed by atoms with van der Waals surface area (Å²) < 4.78 is 5.14. The minimum Gasteiger partial charge on any atom is -0.497 e. The van der Waals surface area contributed by atoms with Crippen molar-refractivity contribution in [3.8, 4) is 11.8 Å². The summed E-state index contributed by atoms with van der Waals surface area (Å²) in [6.45, 7) is 0.502. The van der Waals surface area contributed by atoms with Gasteiger partial charge in [0.25, 0.3) is 5.91 Å². The zero-order chi connectivity index (χ0) is 19.8. The van der Waals surface area contributed by atoms with E-state index in [1.807, 2.05) is 36.4 Å². The van der Waals surface area contributed by atoms with Gasteiger partial charge in [0.2, 0.25) is 0 Å². The Hall–Kier alpha value is -3.85. The SMILES string of the molecule is COc1ccc(CCNC(=O)c2cc(Nc3ccccc3C#N)ccn2)cc1. The smallest absolute Gasteiger partial charge is 0.269 e. The minimum absolute atomic E-state index is 0.245. The lowest BCUT2D eigenvalue weighted by Crippen LogP contribution is -2.26. The largest absolute Gasteiger partial charge is 0.497 e. The molecule has 0 aliphatic carbocycles. The molecule has 140 valence electrons. The van der Waals surface area contributed by atoms with Crippen LogP contribution in [0.15, 0.2) is 66.9 Å². The molecule has 1 heterocycles. The number of methoxy groups -OCH3 is 1. The summed E-state index contributed by atoms with van der Waals surface area (Å²) in [5, 5.41) is 15.2. The fraction of sp³-hybridized carbons (Fsp3) is 0.136. The molecule has 6 nitrogen and oxygen atoms in total. The highest BCUT2D eigenvalue weighted by molar-refractivity contribution is 5.93. The zero-order valence-electron chi connectivity index (χ0n) is 15.5. The molecule has 2 aromatic carbocycles. The summed E-state index contributed by atoms with van der Waals surface area (Å²) in [6, 6.07) is 20.5. The number of nitriles is 1. The molecule has 0 atom stereocenters. The second kappa shape index (κ2) is 9.19. The van der Waals surface area contributed by atoms with Crippen LogP contribution in [0.2, 0.25) is 0 Å². The maximum absolute atomic E-state index is 12.4. The summed E-state index contributed by atoms with van der Waals surface area (Å²) in [5.74, 6) is 0.560. The number of rotatable bonds is 7. The van der Waals surface area contributed by atoms with Gasteiger partial charge in [0.1, 0.15) is 17.5 Å². The van der Waals surface area contributed by atoms with Crippen LogP contribution in [-0.2, 0) is 6.42 Å². The zero-order valence-corrected chi connectivity index (χ0v) is 15.5.